The van der Waals surface area contributed by atoms with Crippen molar-refractivity contribution in [2.24, 2.45) is 0 Å². The zero-order chi connectivity index (χ0) is 23.1. The Bertz CT molecular complexity index is 1070. The van der Waals surface area contributed by atoms with Gasteiger partial charge in [0, 0.05) is 0 Å². The van der Waals surface area contributed by atoms with E-state index in [4.69, 9.17) is 9.84 Å². The molecule has 0 aliphatic carbocycles. The third kappa shape index (κ3) is 5.69. The second kappa shape index (κ2) is 11.2. The van der Waals surface area contributed by atoms with Crippen molar-refractivity contribution in [2.75, 3.05) is 7.11 Å². The van der Waals surface area contributed by atoms with Gasteiger partial charge in [-0.2, -0.15) is 0 Å². The van der Waals surface area contributed by atoms with Gasteiger partial charge in [-0.3, -0.25) is 0 Å². The largest absolute Gasteiger partial charge is 0.497 e. The number of aliphatic hydroxyl groups is 1. The van der Waals surface area contributed by atoms with Gasteiger partial charge in [-0.15, -0.1) is 0 Å². The van der Waals surface area contributed by atoms with E-state index in [0.29, 0.717) is 11.8 Å². The topological polar surface area (TPSA) is 29.5 Å². The van der Waals surface area contributed by atoms with Crippen LogP contribution in [0.1, 0.15) is 69.1 Å². The summed E-state index contributed by atoms with van der Waals surface area (Å²) in [6, 6.07) is 25.6. The summed E-state index contributed by atoms with van der Waals surface area (Å²) in [5, 5.41) is 14.1. The Morgan fingerprint density at radius 3 is 1.62 bits per heavy atom. The van der Waals surface area contributed by atoms with Gasteiger partial charge in [0.2, 0.25) is 0 Å². The van der Waals surface area contributed by atoms with E-state index in [1.54, 1.807) is 7.11 Å². The first-order chi connectivity index (χ1) is 15.5. The summed E-state index contributed by atoms with van der Waals surface area (Å²) in [4.78, 5) is 0. The minimum Gasteiger partial charge on any atom is -0.497 e. The highest BCUT2D eigenvalue weighted by atomic mass is 16.5. The van der Waals surface area contributed by atoms with E-state index >= 15 is 0 Å². The van der Waals surface area contributed by atoms with Gasteiger partial charge in [0.25, 0.3) is 0 Å². The molecular formula is C30H36O2. The van der Waals surface area contributed by atoms with E-state index in [9.17, 15) is 0 Å². The number of aliphatic hydroxyl groups excluding tert-OH is 1. The molecule has 0 saturated heterocycles. The van der Waals surface area contributed by atoms with Gasteiger partial charge in [-0.25, -0.2) is 0 Å². The Morgan fingerprint density at radius 2 is 1.12 bits per heavy atom. The van der Waals surface area contributed by atoms with Gasteiger partial charge in [0.15, 0.2) is 0 Å². The predicted octanol–water partition coefficient (Wildman–Crippen LogP) is 8.21. The lowest BCUT2D eigenvalue weighted by molar-refractivity contribution is 0.282. The second-order valence-corrected chi connectivity index (χ2v) is 8.69. The molecule has 0 bridgehead atoms. The molecule has 32 heavy (non-hydrogen) atoms. The van der Waals surface area contributed by atoms with Gasteiger partial charge in [-0.05, 0) is 81.1 Å². The maximum absolute atomic E-state index is 9.08. The van der Waals surface area contributed by atoms with Crippen LogP contribution in [0.5, 0.6) is 5.75 Å². The zero-order valence-electron chi connectivity index (χ0n) is 20.1. The Labute approximate surface area is 192 Å². The molecule has 0 aromatic heterocycles. The number of hydrogen-bond donors (Lipinski definition) is 1. The van der Waals surface area contributed by atoms with Crippen molar-refractivity contribution in [3.63, 3.8) is 0 Å². The van der Waals surface area contributed by atoms with E-state index in [0.717, 1.165) is 11.3 Å². The molecule has 4 aromatic carbocycles. The van der Waals surface area contributed by atoms with Crippen LogP contribution in [0.4, 0.5) is 0 Å². The minimum atomic E-state index is 0.114. The minimum absolute atomic E-state index is 0.114. The Balaban J connectivity index is 0.000000181. The fourth-order valence-electron chi connectivity index (χ4n) is 3.87. The van der Waals surface area contributed by atoms with Gasteiger partial charge < -0.3 is 9.84 Å². The van der Waals surface area contributed by atoms with Crippen LogP contribution >= 0.6 is 0 Å². The molecule has 168 valence electrons. The summed E-state index contributed by atoms with van der Waals surface area (Å²) in [5.41, 5.74) is 3.79. The number of hydrogen-bond acceptors (Lipinski definition) is 2. The Hall–Kier alpha value is -2.84. The first kappa shape index (κ1) is 23.8. The summed E-state index contributed by atoms with van der Waals surface area (Å²) >= 11 is 0. The fourth-order valence-corrected chi connectivity index (χ4v) is 3.87. The van der Waals surface area contributed by atoms with Crippen LogP contribution in [-0.2, 0) is 6.61 Å². The second-order valence-electron chi connectivity index (χ2n) is 8.69. The van der Waals surface area contributed by atoms with E-state index in [1.165, 1.54) is 45.5 Å². The number of benzene rings is 4. The first-order valence-corrected chi connectivity index (χ1v) is 11.7. The van der Waals surface area contributed by atoms with E-state index in [1.807, 2.05) is 12.1 Å². The molecule has 2 atom stereocenters. The van der Waals surface area contributed by atoms with Crippen LogP contribution in [0.2, 0.25) is 0 Å². The van der Waals surface area contributed by atoms with Crippen LogP contribution in [0.3, 0.4) is 0 Å². The molecule has 0 spiro atoms. The molecule has 0 heterocycles. The molecule has 0 aliphatic rings. The molecule has 0 saturated carbocycles. The van der Waals surface area contributed by atoms with E-state index < -0.39 is 0 Å². The lowest BCUT2D eigenvalue weighted by Gasteiger charge is -2.10. The highest BCUT2D eigenvalue weighted by molar-refractivity contribution is 5.85. The summed E-state index contributed by atoms with van der Waals surface area (Å²) in [6.07, 6.45) is 2.35. The summed E-state index contributed by atoms with van der Waals surface area (Å²) in [5.74, 6) is 2.16. The molecule has 0 fully saturated rings. The highest BCUT2D eigenvalue weighted by Gasteiger charge is 2.05. The Kier molecular flexibility index (Phi) is 8.30. The first-order valence-electron chi connectivity index (χ1n) is 11.7. The lowest BCUT2D eigenvalue weighted by atomic mass is 9.95. The van der Waals surface area contributed by atoms with Crippen LogP contribution < -0.4 is 4.74 Å². The molecule has 2 nitrogen and oxygen atoms in total. The van der Waals surface area contributed by atoms with Gasteiger partial charge in [0.1, 0.15) is 5.75 Å². The van der Waals surface area contributed by atoms with E-state index in [-0.39, 0.29) is 6.61 Å². The predicted molar refractivity (Wildman–Crippen MR) is 138 cm³/mol. The Morgan fingerprint density at radius 1 is 0.656 bits per heavy atom. The van der Waals surface area contributed by atoms with Crippen LogP contribution in [0.15, 0.2) is 72.8 Å². The van der Waals surface area contributed by atoms with Crippen LogP contribution in [-0.4, -0.2) is 12.2 Å². The average molecular weight is 429 g/mol. The molecule has 0 amide bonds. The third-order valence-corrected chi connectivity index (χ3v) is 6.55. The van der Waals surface area contributed by atoms with E-state index in [2.05, 4.69) is 88.4 Å². The fraction of sp³-hybridized carbons (Fsp3) is 0.333. The molecule has 2 heteroatoms. The number of ether oxygens (including phenoxy) is 1. The zero-order valence-corrected chi connectivity index (χ0v) is 20.1. The maximum Gasteiger partial charge on any atom is 0.119 e. The molecular weight excluding hydrogens is 392 g/mol. The maximum atomic E-state index is 9.08. The normalized spacial score (nSPS) is 12.8. The molecule has 1 N–H and O–H groups in total. The van der Waals surface area contributed by atoms with Crippen molar-refractivity contribution in [3.05, 3.63) is 89.5 Å². The quantitative estimate of drug-likeness (QED) is 0.335. The SMILES string of the molecule is CCC(C)c1ccc2cc(CO)ccc2c1.CCC(C)c1ccc2cc(OC)ccc2c1. The number of methoxy groups -OCH3 is 1. The molecule has 2 unspecified atom stereocenters. The molecule has 0 aliphatic heterocycles. The summed E-state index contributed by atoms with van der Waals surface area (Å²) < 4.78 is 5.22. The van der Waals surface area contributed by atoms with Gasteiger partial charge in [-0.1, -0.05) is 82.3 Å². The van der Waals surface area contributed by atoms with Crippen LogP contribution in [0.25, 0.3) is 21.5 Å². The van der Waals surface area contributed by atoms with Crippen molar-refractivity contribution in [1.29, 1.82) is 0 Å². The number of fused-ring (bicyclic) bond motifs is 2. The van der Waals surface area contributed by atoms with Crippen molar-refractivity contribution in [1.82, 2.24) is 0 Å². The van der Waals surface area contributed by atoms with Crippen molar-refractivity contribution in [3.8, 4) is 5.75 Å². The molecule has 4 aromatic rings. The lowest BCUT2D eigenvalue weighted by Crippen LogP contribution is -1.91. The number of rotatable bonds is 6. The molecule has 4 rings (SSSR count). The van der Waals surface area contributed by atoms with Gasteiger partial charge >= 0.3 is 0 Å². The van der Waals surface area contributed by atoms with Crippen molar-refractivity contribution in [2.45, 2.75) is 59.0 Å². The summed E-state index contributed by atoms with van der Waals surface area (Å²) in [6.45, 7) is 9.07. The summed E-state index contributed by atoms with van der Waals surface area (Å²) in [7, 11) is 1.70. The van der Waals surface area contributed by atoms with Crippen LogP contribution in [0, 0.1) is 0 Å². The average Bonchev–Trinajstić information content (AvgIpc) is 2.86. The smallest absolute Gasteiger partial charge is 0.119 e. The standard InChI is InChI=1S/2C15H18O/c1-4-11(2)12-5-6-14-10-15(16-3)8-7-13(14)9-12;1-3-11(2)13-6-7-14-8-12(10-16)4-5-15(14)9-13/h5-11H,4H2,1-3H3;4-9,11,16H,3,10H2,1-2H3. The molecule has 0 radical (unpaired) electrons. The third-order valence-electron chi connectivity index (χ3n) is 6.55. The highest BCUT2D eigenvalue weighted by Crippen LogP contribution is 2.26. The van der Waals surface area contributed by atoms with Gasteiger partial charge in [0.05, 0.1) is 13.7 Å². The monoisotopic (exact) mass is 428 g/mol. The van der Waals surface area contributed by atoms with Crippen molar-refractivity contribution < 1.29 is 9.84 Å². The van der Waals surface area contributed by atoms with Crippen molar-refractivity contribution >= 4 is 21.5 Å².